The standard InChI is InChI=1S/C26H31ClN8O2/c27-22-12-18(7-10-29-22)33-25(37)20-14-30-24-19(31-16-5-6-16)13-23(34-35(20)24)32-17-3-1-15(2-4-17)11-21(36)26(28)8-9-26/h7,10,12-17,31H,1-6,8-9,11,28H2,(H,32,34)(H,29,33,37). The summed E-state index contributed by atoms with van der Waals surface area (Å²) < 4.78 is 1.59. The Morgan fingerprint density at radius 2 is 1.78 bits per heavy atom. The van der Waals surface area contributed by atoms with Crippen molar-refractivity contribution in [3.63, 3.8) is 0 Å². The highest BCUT2D eigenvalue weighted by Gasteiger charge is 2.45. The van der Waals surface area contributed by atoms with Gasteiger partial charge in [-0.15, -0.1) is 5.10 Å². The van der Waals surface area contributed by atoms with Gasteiger partial charge in [0.1, 0.15) is 11.0 Å². The summed E-state index contributed by atoms with van der Waals surface area (Å²) >= 11 is 5.96. The van der Waals surface area contributed by atoms with Crippen LogP contribution in [0.15, 0.2) is 30.6 Å². The maximum atomic E-state index is 13.1. The highest BCUT2D eigenvalue weighted by molar-refractivity contribution is 6.29. The van der Waals surface area contributed by atoms with Gasteiger partial charge in [-0.1, -0.05) is 11.6 Å². The number of carbonyl (C=O) groups excluding carboxylic acids is 2. The van der Waals surface area contributed by atoms with Crippen molar-refractivity contribution in [2.24, 2.45) is 11.7 Å². The lowest BCUT2D eigenvalue weighted by atomic mass is 9.82. The number of halogens is 1. The van der Waals surface area contributed by atoms with Crippen LogP contribution >= 0.6 is 11.6 Å². The lowest BCUT2D eigenvalue weighted by molar-refractivity contribution is -0.122. The van der Waals surface area contributed by atoms with Gasteiger partial charge in [-0.25, -0.2) is 14.5 Å². The summed E-state index contributed by atoms with van der Waals surface area (Å²) in [5.74, 6) is 0.981. The van der Waals surface area contributed by atoms with E-state index in [1.807, 2.05) is 6.07 Å². The first-order valence-corrected chi connectivity index (χ1v) is 13.4. The van der Waals surface area contributed by atoms with E-state index in [0.29, 0.717) is 46.4 Å². The number of Topliss-reactive ketones (excluding diaryl/α,β-unsaturated/α-hetero) is 1. The normalized spacial score (nSPS) is 22.4. The first-order valence-electron chi connectivity index (χ1n) is 13.0. The molecule has 3 fully saturated rings. The van der Waals surface area contributed by atoms with Gasteiger partial charge in [-0.2, -0.15) is 0 Å². The van der Waals surface area contributed by atoms with Crippen molar-refractivity contribution < 1.29 is 9.59 Å². The molecule has 0 atom stereocenters. The summed E-state index contributed by atoms with van der Waals surface area (Å²) in [4.78, 5) is 34.0. The number of ketones is 1. The van der Waals surface area contributed by atoms with Crippen LogP contribution in [0.5, 0.6) is 0 Å². The van der Waals surface area contributed by atoms with Crippen molar-refractivity contribution >= 4 is 46.1 Å². The third kappa shape index (κ3) is 5.40. The fourth-order valence-corrected chi connectivity index (χ4v) is 5.20. The number of hydrogen-bond acceptors (Lipinski definition) is 8. The third-order valence-corrected chi connectivity index (χ3v) is 7.85. The average Bonchev–Trinajstić information content (AvgIpc) is 3.79. The highest BCUT2D eigenvalue weighted by atomic mass is 35.5. The van der Waals surface area contributed by atoms with Gasteiger partial charge in [-0.3, -0.25) is 9.59 Å². The van der Waals surface area contributed by atoms with E-state index in [0.717, 1.165) is 57.1 Å². The Kier molecular flexibility index (Phi) is 6.24. The molecule has 3 aliphatic rings. The van der Waals surface area contributed by atoms with Crippen LogP contribution in [0.25, 0.3) is 5.65 Å². The number of carbonyl (C=O) groups is 2. The molecule has 0 spiro atoms. The molecule has 3 aliphatic carbocycles. The molecule has 0 bridgehead atoms. The Labute approximate surface area is 219 Å². The van der Waals surface area contributed by atoms with Gasteiger partial charge in [0, 0.05) is 36.5 Å². The number of nitrogens with zero attached hydrogens (tertiary/aromatic N) is 4. The number of hydrogen-bond donors (Lipinski definition) is 4. The van der Waals surface area contributed by atoms with Gasteiger partial charge in [0.25, 0.3) is 5.91 Å². The van der Waals surface area contributed by atoms with E-state index in [-0.39, 0.29) is 17.7 Å². The summed E-state index contributed by atoms with van der Waals surface area (Å²) in [6.45, 7) is 0. The number of nitrogens with one attached hydrogen (secondary N) is 3. The van der Waals surface area contributed by atoms with Gasteiger partial charge >= 0.3 is 0 Å². The Bertz CT molecular complexity index is 1340. The van der Waals surface area contributed by atoms with Crippen molar-refractivity contribution in [3.05, 3.63) is 41.4 Å². The van der Waals surface area contributed by atoms with Crippen molar-refractivity contribution in [2.75, 3.05) is 16.0 Å². The number of aromatic nitrogens is 4. The second-order valence-corrected chi connectivity index (χ2v) is 11.1. The molecule has 0 radical (unpaired) electrons. The minimum Gasteiger partial charge on any atom is -0.379 e. The molecule has 6 rings (SSSR count). The molecule has 1 amide bonds. The first-order chi connectivity index (χ1) is 17.9. The Hall–Kier alpha value is -3.24. The van der Waals surface area contributed by atoms with E-state index in [9.17, 15) is 9.59 Å². The quantitative estimate of drug-likeness (QED) is 0.309. The summed E-state index contributed by atoms with van der Waals surface area (Å²) in [6, 6.07) is 5.90. The average molecular weight is 523 g/mol. The zero-order chi connectivity index (χ0) is 25.6. The van der Waals surface area contributed by atoms with Crippen molar-refractivity contribution in [1.82, 2.24) is 19.6 Å². The lowest BCUT2D eigenvalue weighted by Crippen LogP contribution is -2.35. The maximum Gasteiger partial charge on any atom is 0.276 e. The molecule has 0 aromatic carbocycles. The first kappa shape index (κ1) is 24.1. The number of amides is 1. The van der Waals surface area contributed by atoms with Gasteiger partial charge < -0.3 is 21.7 Å². The van der Waals surface area contributed by atoms with Gasteiger partial charge in [0.05, 0.1) is 17.4 Å². The Morgan fingerprint density at radius 1 is 1.05 bits per heavy atom. The molecular formula is C26H31ClN8O2. The fraction of sp³-hybridized carbons (Fsp3) is 0.500. The molecule has 0 unspecified atom stereocenters. The van der Waals surface area contributed by atoms with Crippen LogP contribution in [0.4, 0.5) is 17.2 Å². The molecule has 3 saturated carbocycles. The molecule has 3 heterocycles. The van der Waals surface area contributed by atoms with Crippen LogP contribution in [0.2, 0.25) is 5.15 Å². The van der Waals surface area contributed by atoms with E-state index in [1.165, 1.54) is 12.4 Å². The molecule has 194 valence electrons. The number of rotatable bonds is 9. The molecule has 10 nitrogen and oxygen atoms in total. The van der Waals surface area contributed by atoms with Crippen LogP contribution < -0.4 is 21.7 Å². The second-order valence-electron chi connectivity index (χ2n) is 10.7. The number of pyridine rings is 1. The predicted octanol–water partition coefficient (Wildman–Crippen LogP) is 4.03. The van der Waals surface area contributed by atoms with Gasteiger partial charge in [0.15, 0.2) is 17.1 Å². The second kappa shape index (κ2) is 9.57. The molecule has 11 heteroatoms. The summed E-state index contributed by atoms with van der Waals surface area (Å²) in [5, 5.41) is 15.0. The van der Waals surface area contributed by atoms with Crippen LogP contribution in [-0.4, -0.2) is 48.9 Å². The SMILES string of the molecule is NC1(C(=O)CC2CCC(Nc3cc(NC4CC4)c4ncc(C(=O)Nc5ccnc(Cl)c5)n4n3)CC2)CC1. The number of anilines is 3. The summed E-state index contributed by atoms with van der Waals surface area (Å²) in [7, 11) is 0. The molecule has 5 N–H and O–H groups in total. The zero-order valence-corrected chi connectivity index (χ0v) is 21.3. The van der Waals surface area contributed by atoms with Crippen molar-refractivity contribution in [1.29, 1.82) is 0 Å². The maximum absolute atomic E-state index is 13.1. The largest absolute Gasteiger partial charge is 0.379 e. The van der Waals surface area contributed by atoms with Crippen LogP contribution in [0.1, 0.15) is 68.3 Å². The highest BCUT2D eigenvalue weighted by Crippen LogP contribution is 2.38. The van der Waals surface area contributed by atoms with Crippen LogP contribution in [0, 0.1) is 5.92 Å². The minimum absolute atomic E-state index is 0.228. The van der Waals surface area contributed by atoms with E-state index < -0.39 is 5.54 Å². The topological polar surface area (TPSA) is 139 Å². The molecule has 3 aromatic rings. The number of nitrogens with two attached hydrogens (primary N) is 1. The molecule has 0 saturated heterocycles. The smallest absolute Gasteiger partial charge is 0.276 e. The molecular weight excluding hydrogens is 492 g/mol. The fourth-order valence-electron chi connectivity index (χ4n) is 5.02. The monoisotopic (exact) mass is 522 g/mol. The zero-order valence-electron chi connectivity index (χ0n) is 20.5. The van der Waals surface area contributed by atoms with E-state index in [1.54, 1.807) is 16.6 Å². The van der Waals surface area contributed by atoms with Crippen LogP contribution in [-0.2, 0) is 4.79 Å². The van der Waals surface area contributed by atoms with Crippen molar-refractivity contribution in [3.8, 4) is 0 Å². The molecule has 0 aliphatic heterocycles. The van der Waals surface area contributed by atoms with Crippen molar-refractivity contribution in [2.45, 2.75) is 75.4 Å². The molecule has 3 aromatic heterocycles. The number of fused-ring (bicyclic) bond motifs is 1. The predicted molar refractivity (Wildman–Crippen MR) is 142 cm³/mol. The van der Waals surface area contributed by atoms with E-state index in [4.69, 9.17) is 22.4 Å². The van der Waals surface area contributed by atoms with Gasteiger partial charge in [0.2, 0.25) is 0 Å². The van der Waals surface area contributed by atoms with Crippen LogP contribution in [0.3, 0.4) is 0 Å². The Morgan fingerprint density at radius 3 is 2.49 bits per heavy atom. The summed E-state index contributed by atoms with van der Waals surface area (Å²) in [5.41, 5.74) is 7.88. The molecule has 37 heavy (non-hydrogen) atoms. The minimum atomic E-state index is -0.530. The van der Waals surface area contributed by atoms with E-state index in [2.05, 4.69) is 25.9 Å². The summed E-state index contributed by atoms with van der Waals surface area (Å²) in [6.07, 6.45) is 11.5. The third-order valence-electron chi connectivity index (χ3n) is 7.64. The van der Waals surface area contributed by atoms with Gasteiger partial charge in [-0.05, 0) is 69.4 Å². The Balaban J connectivity index is 1.18. The lowest BCUT2D eigenvalue weighted by Gasteiger charge is -2.29. The number of imidazole rings is 1. The van der Waals surface area contributed by atoms with E-state index >= 15 is 0 Å².